The van der Waals surface area contributed by atoms with Crippen molar-refractivity contribution in [1.29, 1.82) is 0 Å². The highest BCUT2D eigenvalue weighted by Crippen LogP contribution is 2.06. The number of aliphatic hydroxyl groups is 1. The summed E-state index contributed by atoms with van der Waals surface area (Å²) < 4.78 is 0. The molecular formula is C14H22N2O3. The fourth-order valence-electron chi connectivity index (χ4n) is 1.93. The minimum Gasteiger partial charge on any atom is -0.395 e. The van der Waals surface area contributed by atoms with Crippen LogP contribution in [0.2, 0.25) is 0 Å². The van der Waals surface area contributed by atoms with Crippen molar-refractivity contribution in [2.24, 2.45) is 0 Å². The van der Waals surface area contributed by atoms with Crippen LogP contribution in [0.25, 0.3) is 0 Å². The smallest absolute Gasteiger partial charge is 0.254 e. The summed E-state index contributed by atoms with van der Waals surface area (Å²) in [5, 5.41) is 9.03. The first-order valence-electron chi connectivity index (χ1n) is 6.78. The molecule has 0 saturated heterocycles. The predicted octanol–water partition coefficient (Wildman–Crippen LogP) is 1.39. The van der Waals surface area contributed by atoms with Crippen LogP contribution in [0, 0.1) is 0 Å². The Bertz CT molecular complexity index is 442. The largest absolute Gasteiger partial charge is 0.395 e. The number of carbonyl (C=O) groups excluding carboxylic acids is 1. The van der Waals surface area contributed by atoms with Gasteiger partial charge in [-0.15, -0.1) is 0 Å². The molecule has 0 fully saturated rings. The number of pyridine rings is 1. The molecule has 1 rings (SSSR count). The molecule has 0 spiro atoms. The Morgan fingerprint density at radius 1 is 1.32 bits per heavy atom. The summed E-state index contributed by atoms with van der Waals surface area (Å²) in [6.07, 6.45) is 5.74. The van der Waals surface area contributed by atoms with E-state index in [1.807, 2.05) is 0 Å². The van der Waals surface area contributed by atoms with Gasteiger partial charge in [-0.1, -0.05) is 26.2 Å². The van der Waals surface area contributed by atoms with E-state index in [2.05, 4.69) is 11.9 Å². The third kappa shape index (κ3) is 5.26. The van der Waals surface area contributed by atoms with Gasteiger partial charge in [0.1, 0.15) is 0 Å². The fraction of sp³-hybridized carbons (Fsp3) is 0.571. The van der Waals surface area contributed by atoms with Crippen molar-refractivity contribution in [3.05, 3.63) is 34.2 Å². The normalized spacial score (nSPS) is 10.4. The van der Waals surface area contributed by atoms with E-state index in [-0.39, 0.29) is 18.1 Å². The Morgan fingerprint density at radius 3 is 2.74 bits per heavy atom. The number of unbranched alkanes of at least 4 members (excludes halogenated alkanes) is 3. The van der Waals surface area contributed by atoms with Crippen LogP contribution < -0.4 is 5.56 Å². The maximum absolute atomic E-state index is 12.2. The summed E-state index contributed by atoms with van der Waals surface area (Å²) >= 11 is 0. The third-order valence-corrected chi connectivity index (χ3v) is 2.96. The van der Waals surface area contributed by atoms with E-state index in [9.17, 15) is 9.59 Å². The van der Waals surface area contributed by atoms with Crippen LogP contribution in [0.15, 0.2) is 23.1 Å². The average Bonchev–Trinajstić information content (AvgIpc) is 2.41. The molecule has 5 heteroatoms. The lowest BCUT2D eigenvalue weighted by Crippen LogP contribution is -2.35. The van der Waals surface area contributed by atoms with Gasteiger partial charge in [0.05, 0.1) is 6.61 Å². The number of hydrogen-bond acceptors (Lipinski definition) is 3. The van der Waals surface area contributed by atoms with Crippen LogP contribution in [0.1, 0.15) is 43.0 Å². The highest BCUT2D eigenvalue weighted by molar-refractivity contribution is 5.94. The number of hydrogen-bond donors (Lipinski definition) is 2. The standard InChI is InChI=1S/C14H22N2O3/c1-2-3-4-5-8-16(9-10-17)14(19)12-6-7-15-13(18)11-12/h6-7,11,17H,2-5,8-10H2,1H3,(H,15,18). The molecule has 0 aliphatic heterocycles. The SMILES string of the molecule is CCCCCCN(CCO)C(=O)c1cc[nH]c(=O)c1. The number of nitrogens with one attached hydrogen (secondary N) is 1. The number of aromatic nitrogens is 1. The number of amides is 1. The molecule has 1 aromatic heterocycles. The average molecular weight is 266 g/mol. The first-order chi connectivity index (χ1) is 9.19. The molecule has 1 amide bonds. The number of carbonyl (C=O) groups is 1. The van der Waals surface area contributed by atoms with Gasteiger partial charge in [0, 0.05) is 30.9 Å². The highest BCUT2D eigenvalue weighted by atomic mass is 16.3. The van der Waals surface area contributed by atoms with Crippen LogP contribution in [0.4, 0.5) is 0 Å². The zero-order valence-electron chi connectivity index (χ0n) is 11.4. The lowest BCUT2D eigenvalue weighted by molar-refractivity contribution is 0.0718. The molecule has 0 saturated carbocycles. The molecular weight excluding hydrogens is 244 g/mol. The van der Waals surface area contributed by atoms with Gasteiger partial charge < -0.3 is 15.0 Å². The molecule has 0 bridgehead atoms. The maximum atomic E-state index is 12.2. The number of H-pyrrole nitrogens is 1. The summed E-state index contributed by atoms with van der Waals surface area (Å²) in [6, 6.07) is 2.87. The van der Waals surface area contributed by atoms with E-state index < -0.39 is 0 Å². The molecule has 1 heterocycles. The predicted molar refractivity (Wildman–Crippen MR) is 74.2 cm³/mol. The van der Waals surface area contributed by atoms with Gasteiger partial charge in [0.15, 0.2) is 0 Å². The van der Waals surface area contributed by atoms with E-state index in [1.54, 1.807) is 11.0 Å². The van der Waals surface area contributed by atoms with E-state index in [0.717, 1.165) is 25.7 Å². The maximum Gasteiger partial charge on any atom is 0.254 e. The molecule has 0 aromatic carbocycles. The molecule has 0 radical (unpaired) electrons. The minimum absolute atomic E-state index is 0.0668. The zero-order valence-corrected chi connectivity index (χ0v) is 11.4. The van der Waals surface area contributed by atoms with Crippen LogP contribution in [0.5, 0.6) is 0 Å². The van der Waals surface area contributed by atoms with Crippen molar-refractivity contribution in [1.82, 2.24) is 9.88 Å². The van der Waals surface area contributed by atoms with Gasteiger partial charge in [-0.25, -0.2) is 0 Å². The van der Waals surface area contributed by atoms with Crippen molar-refractivity contribution in [2.45, 2.75) is 32.6 Å². The number of nitrogens with zero attached hydrogens (tertiary/aromatic N) is 1. The van der Waals surface area contributed by atoms with Crippen molar-refractivity contribution in [3.63, 3.8) is 0 Å². The highest BCUT2D eigenvalue weighted by Gasteiger charge is 2.15. The van der Waals surface area contributed by atoms with Crippen LogP contribution >= 0.6 is 0 Å². The summed E-state index contributed by atoms with van der Waals surface area (Å²) in [7, 11) is 0. The zero-order chi connectivity index (χ0) is 14.1. The molecule has 0 unspecified atom stereocenters. The first kappa shape index (κ1) is 15.4. The van der Waals surface area contributed by atoms with Crippen LogP contribution in [-0.4, -0.2) is 40.6 Å². The second kappa shape index (κ2) is 8.48. The molecule has 0 aliphatic carbocycles. The Labute approximate surface area is 113 Å². The fourth-order valence-corrected chi connectivity index (χ4v) is 1.93. The lowest BCUT2D eigenvalue weighted by Gasteiger charge is -2.21. The molecule has 1 aromatic rings. The summed E-state index contributed by atoms with van der Waals surface area (Å²) in [4.78, 5) is 27.5. The minimum atomic E-state index is -0.291. The number of aliphatic hydroxyl groups excluding tert-OH is 1. The second-order valence-electron chi connectivity index (χ2n) is 4.52. The number of rotatable bonds is 8. The summed E-state index contributed by atoms with van der Waals surface area (Å²) in [5.74, 6) is -0.198. The Hall–Kier alpha value is -1.62. The van der Waals surface area contributed by atoms with Gasteiger partial charge in [-0.05, 0) is 12.5 Å². The Morgan fingerprint density at radius 2 is 2.11 bits per heavy atom. The van der Waals surface area contributed by atoms with Gasteiger partial charge >= 0.3 is 0 Å². The summed E-state index contributed by atoms with van der Waals surface area (Å²) in [6.45, 7) is 2.99. The first-order valence-corrected chi connectivity index (χ1v) is 6.78. The summed E-state index contributed by atoms with van der Waals surface area (Å²) in [5.41, 5.74) is 0.0773. The van der Waals surface area contributed by atoms with Crippen molar-refractivity contribution in [3.8, 4) is 0 Å². The number of aromatic amines is 1. The van der Waals surface area contributed by atoms with Gasteiger partial charge in [-0.2, -0.15) is 0 Å². The van der Waals surface area contributed by atoms with Crippen molar-refractivity contribution >= 4 is 5.91 Å². The quantitative estimate of drug-likeness (QED) is 0.698. The monoisotopic (exact) mass is 266 g/mol. The van der Waals surface area contributed by atoms with Crippen molar-refractivity contribution < 1.29 is 9.90 Å². The van der Waals surface area contributed by atoms with E-state index >= 15 is 0 Å². The molecule has 0 aliphatic rings. The molecule has 2 N–H and O–H groups in total. The Balaban J connectivity index is 2.64. The molecule has 106 valence electrons. The molecule has 5 nitrogen and oxygen atoms in total. The van der Waals surface area contributed by atoms with Crippen molar-refractivity contribution in [2.75, 3.05) is 19.7 Å². The second-order valence-corrected chi connectivity index (χ2v) is 4.52. The van der Waals surface area contributed by atoms with E-state index in [1.165, 1.54) is 12.3 Å². The van der Waals surface area contributed by atoms with Crippen LogP contribution in [0.3, 0.4) is 0 Å². The Kier molecular flexibility index (Phi) is 6.89. The third-order valence-electron chi connectivity index (χ3n) is 2.96. The molecule has 19 heavy (non-hydrogen) atoms. The van der Waals surface area contributed by atoms with E-state index in [4.69, 9.17) is 5.11 Å². The lowest BCUT2D eigenvalue weighted by atomic mass is 10.2. The van der Waals surface area contributed by atoms with Gasteiger partial charge in [-0.3, -0.25) is 9.59 Å². The van der Waals surface area contributed by atoms with Crippen LogP contribution in [-0.2, 0) is 0 Å². The molecule has 0 atom stereocenters. The van der Waals surface area contributed by atoms with E-state index in [0.29, 0.717) is 18.7 Å². The topological polar surface area (TPSA) is 73.4 Å². The van der Waals surface area contributed by atoms with Gasteiger partial charge in [0.25, 0.3) is 5.91 Å². The van der Waals surface area contributed by atoms with Gasteiger partial charge in [0.2, 0.25) is 5.56 Å².